The van der Waals surface area contributed by atoms with Crippen LogP contribution in [0.4, 0.5) is 0 Å². The summed E-state index contributed by atoms with van der Waals surface area (Å²) in [7, 11) is 0. The van der Waals surface area contributed by atoms with Crippen LogP contribution < -0.4 is 4.40 Å². The number of benzene rings is 1. The number of hydrogen-bond donors (Lipinski definition) is 0. The van der Waals surface area contributed by atoms with E-state index in [1.807, 2.05) is 0 Å². The maximum atomic E-state index is 2.24. The van der Waals surface area contributed by atoms with Gasteiger partial charge in [-0.25, -0.2) is 0 Å². The Labute approximate surface area is 101 Å². The first-order chi connectivity index (χ1) is 5.46. The van der Waals surface area contributed by atoms with Crippen molar-refractivity contribution >= 4 is 38.5 Å². The number of rotatable bonds is 0. The summed E-state index contributed by atoms with van der Waals surface area (Å²) in [6, 6.07) is 0. The summed E-state index contributed by atoms with van der Waals surface area (Å²) in [5, 5.41) is 0. The van der Waals surface area contributed by atoms with Crippen LogP contribution in [0.1, 0.15) is 27.8 Å². The third-order valence-electron chi connectivity index (χ3n) is 3.16. The molecule has 0 atom stereocenters. The van der Waals surface area contributed by atoms with Crippen molar-refractivity contribution < 1.29 is 0 Å². The van der Waals surface area contributed by atoms with Crippen LogP contribution >= 0.6 is 0 Å². The second-order valence-electron chi connectivity index (χ2n) is 3.60. The molecule has 0 bridgehead atoms. The summed E-state index contributed by atoms with van der Waals surface area (Å²) in [4.78, 5) is 0. The molecule has 0 saturated heterocycles. The molecule has 0 amide bonds. The molecule has 0 aliphatic rings. The van der Waals surface area contributed by atoms with E-state index < -0.39 is 0 Å². The molecule has 0 heterocycles. The molecule has 1 aromatic rings. The second kappa shape index (κ2) is 4.69. The molecular weight excluding hydrogens is 277 g/mol. The monoisotopic (exact) mass is 300 g/mol. The van der Waals surface area contributed by atoms with Gasteiger partial charge >= 0.3 is 101 Å². The molecule has 0 N–H and O–H groups in total. The average Bonchev–Trinajstić information content (AvgIpc) is 2.08. The zero-order chi connectivity index (χ0) is 9.46. The molecule has 0 spiro atoms. The van der Waals surface area contributed by atoms with Gasteiger partial charge in [0, 0.05) is 0 Å². The molecule has 13 heavy (non-hydrogen) atoms. The molecule has 0 aliphatic carbocycles. The fourth-order valence-electron chi connectivity index (χ4n) is 1.58. The second-order valence-corrected chi connectivity index (χ2v) is 5.09. The summed E-state index contributed by atoms with van der Waals surface area (Å²) < 4.78 is 1.58. The third kappa shape index (κ3) is 2.21. The van der Waals surface area contributed by atoms with Crippen molar-refractivity contribution in [3.8, 4) is 0 Å². The van der Waals surface area contributed by atoms with Gasteiger partial charge in [-0.15, -0.1) is 0 Å². The molecule has 0 aromatic heterocycles. The van der Waals surface area contributed by atoms with E-state index in [2.05, 4.69) is 34.6 Å². The normalized spacial score (nSPS) is 9.69. The van der Waals surface area contributed by atoms with Crippen LogP contribution in [0.2, 0.25) is 0 Å². The van der Waals surface area contributed by atoms with Gasteiger partial charge in [0.2, 0.25) is 0 Å². The first-order valence-electron chi connectivity index (χ1n) is 4.35. The van der Waals surface area contributed by atoms with E-state index in [0.717, 1.165) is 0 Å². The van der Waals surface area contributed by atoms with E-state index in [4.69, 9.17) is 0 Å². The first kappa shape index (κ1) is 13.3. The molecule has 2 radical (unpaired) electrons. The summed E-state index contributed by atoms with van der Waals surface area (Å²) in [6.45, 7) is 11.2. The topological polar surface area (TPSA) is 0 Å². The van der Waals surface area contributed by atoms with E-state index >= 15 is 0 Å². The van der Waals surface area contributed by atoms with Gasteiger partial charge in [-0.05, 0) is 0 Å². The SMILES string of the molecule is Cc1c(C)c(C)[c]([GeH2])c(C)c1C.[GeH3]. The van der Waals surface area contributed by atoms with Crippen molar-refractivity contribution in [3.63, 3.8) is 0 Å². The van der Waals surface area contributed by atoms with Crippen molar-refractivity contribution in [2.45, 2.75) is 34.6 Å². The van der Waals surface area contributed by atoms with Gasteiger partial charge in [-0.1, -0.05) is 0 Å². The van der Waals surface area contributed by atoms with Crippen LogP contribution in [0.5, 0.6) is 0 Å². The molecule has 1 rings (SSSR count). The van der Waals surface area contributed by atoms with E-state index in [-0.39, 0.29) is 17.6 Å². The molecule has 0 nitrogen and oxygen atoms in total. The standard InChI is InChI=1S/C11H17Ge.GeH3/c1-6-7(2)9(4)11(12)10(5)8(6)3;/h12H2,1-5H3;1H3. The molecule has 0 unspecified atom stereocenters. The Balaban J connectivity index is 0.00000144. The Kier molecular flexibility index (Phi) is 4.80. The predicted molar refractivity (Wildman–Crippen MR) is 68.2 cm³/mol. The van der Waals surface area contributed by atoms with Crippen LogP contribution in [-0.4, -0.2) is 34.1 Å². The minimum absolute atomic E-state index is 0. The molecule has 2 heteroatoms. The zero-order valence-corrected chi connectivity index (χ0v) is 16.9. The van der Waals surface area contributed by atoms with Crippen LogP contribution in [0.25, 0.3) is 0 Å². The quantitative estimate of drug-likeness (QED) is 0.605. The average molecular weight is 298 g/mol. The van der Waals surface area contributed by atoms with Crippen LogP contribution in [0, 0.1) is 34.6 Å². The van der Waals surface area contributed by atoms with Gasteiger partial charge in [0.05, 0.1) is 0 Å². The summed E-state index contributed by atoms with van der Waals surface area (Å²) >= 11 is 1.28. The fourth-order valence-corrected chi connectivity index (χ4v) is 2.69. The van der Waals surface area contributed by atoms with E-state index in [0.29, 0.717) is 0 Å². The van der Waals surface area contributed by atoms with Crippen molar-refractivity contribution in [1.82, 2.24) is 0 Å². The fraction of sp³-hybridized carbons (Fsp3) is 0.455. The van der Waals surface area contributed by atoms with Crippen molar-refractivity contribution in [2.75, 3.05) is 0 Å². The Bertz CT molecular complexity index is 222. The Morgan fingerprint density at radius 1 is 0.615 bits per heavy atom. The first-order valence-corrected chi connectivity index (χ1v) is 5.84. The predicted octanol–water partition coefficient (Wildman–Crippen LogP) is 0.303. The van der Waals surface area contributed by atoms with Crippen LogP contribution in [0.15, 0.2) is 0 Å². The van der Waals surface area contributed by atoms with Crippen LogP contribution in [0.3, 0.4) is 0 Å². The van der Waals surface area contributed by atoms with E-state index in [1.54, 1.807) is 4.40 Å². The van der Waals surface area contributed by atoms with E-state index in [1.165, 1.54) is 44.3 Å². The summed E-state index contributed by atoms with van der Waals surface area (Å²) in [5.41, 5.74) is 7.46. The molecule has 1 aromatic carbocycles. The van der Waals surface area contributed by atoms with Gasteiger partial charge in [-0.3, -0.25) is 0 Å². The summed E-state index contributed by atoms with van der Waals surface area (Å²) in [6.07, 6.45) is 0. The van der Waals surface area contributed by atoms with Gasteiger partial charge in [0.1, 0.15) is 0 Å². The maximum absolute atomic E-state index is 2.24. The molecule has 72 valence electrons. The van der Waals surface area contributed by atoms with E-state index in [9.17, 15) is 0 Å². The summed E-state index contributed by atoms with van der Waals surface area (Å²) in [5.74, 6) is 0. The number of hydrogen-bond acceptors (Lipinski definition) is 0. The Hall–Kier alpha value is 0.306. The van der Waals surface area contributed by atoms with Crippen molar-refractivity contribution in [1.29, 1.82) is 0 Å². The van der Waals surface area contributed by atoms with Crippen molar-refractivity contribution in [2.24, 2.45) is 0 Å². The van der Waals surface area contributed by atoms with Gasteiger partial charge < -0.3 is 0 Å². The van der Waals surface area contributed by atoms with Crippen molar-refractivity contribution in [3.05, 3.63) is 27.8 Å². The molecule has 0 saturated carbocycles. The Morgan fingerprint density at radius 2 is 0.846 bits per heavy atom. The van der Waals surface area contributed by atoms with Gasteiger partial charge in [0.25, 0.3) is 0 Å². The minimum atomic E-state index is 0. The molecule has 0 fully saturated rings. The Morgan fingerprint density at radius 3 is 1.15 bits per heavy atom. The third-order valence-corrected chi connectivity index (χ3v) is 5.38. The zero-order valence-electron chi connectivity index (χ0n) is 9.71. The molecular formula is C11H20Ge2. The van der Waals surface area contributed by atoms with Gasteiger partial charge in [0.15, 0.2) is 0 Å². The van der Waals surface area contributed by atoms with Gasteiger partial charge in [-0.2, -0.15) is 0 Å². The van der Waals surface area contributed by atoms with Crippen LogP contribution in [-0.2, 0) is 0 Å². The molecule has 0 aliphatic heterocycles.